The van der Waals surface area contributed by atoms with Crippen LogP contribution in [0.15, 0.2) is 55.1 Å². The van der Waals surface area contributed by atoms with Crippen molar-refractivity contribution >= 4 is 17.0 Å². The molecule has 0 atom stereocenters. The third-order valence-electron chi connectivity index (χ3n) is 3.94. The summed E-state index contributed by atoms with van der Waals surface area (Å²) in [6, 6.07) is 17.5. The van der Waals surface area contributed by atoms with Crippen LogP contribution < -0.4 is 0 Å². The molecule has 0 amide bonds. The molecule has 1 N–H and O–H groups in total. The fourth-order valence-electron chi connectivity index (χ4n) is 2.89. The van der Waals surface area contributed by atoms with Crippen molar-refractivity contribution in [2.24, 2.45) is 0 Å². The van der Waals surface area contributed by atoms with Crippen LogP contribution in [0, 0.1) is 0 Å². The molecule has 0 spiro atoms. The Morgan fingerprint density at radius 3 is 1.90 bits per heavy atom. The highest BCUT2D eigenvalue weighted by Gasteiger charge is 2.07. The summed E-state index contributed by atoms with van der Waals surface area (Å²) < 4.78 is 0. The molecule has 3 rings (SSSR count). The van der Waals surface area contributed by atoms with Gasteiger partial charge in [-0.05, 0) is 53.8 Å². The minimum absolute atomic E-state index is 1.00. The lowest BCUT2D eigenvalue weighted by atomic mass is 9.95. The lowest BCUT2D eigenvalue weighted by Crippen LogP contribution is -1.96. The number of hydrogen-bond acceptors (Lipinski definition) is 0. The van der Waals surface area contributed by atoms with Crippen LogP contribution in [0.2, 0.25) is 0 Å². The number of H-pyrrole nitrogens is 1. The molecule has 0 bridgehead atoms. The third kappa shape index (κ3) is 9.65. The van der Waals surface area contributed by atoms with E-state index in [-0.39, 0.29) is 0 Å². The van der Waals surface area contributed by atoms with Crippen molar-refractivity contribution in [1.29, 1.82) is 0 Å². The topological polar surface area (TPSA) is 15.8 Å². The van der Waals surface area contributed by atoms with Gasteiger partial charge in [0.1, 0.15) is 0 Å². The van der Waals surface area contributed by atoms with Crippen LogP contribution in [0.3, 0.4) is 0 Å². The number of fused-ring (bicyclic) bond motifs is 1. The van der Waals surface area contributed by atoms with E-state index in [9.17, 15) is 0 Å². The standard InChI is InChI=1S/C20H21N.4C2H6/c1-3-8-16-14-20-18(13-19(4-2)21-20)12-17(16)11-15-9-6-5-7-10-15;4*1-2/h4-7,9-10,12-14,21H,2-3,8,11H2,1H3;4*1-2H3. The Bertz CT molecular complexity index is 751. The van der Waals surface area contributed by atoms with Gasteiger partial charge in [-0.3, -0.25) is 0 Å². The normalized spacial score (nSPS) is 8.72. The lowest BCUT2D eigenvalue weighted by Gasteiger charge is -2.10. The van der Waals surface area contributed by atoms with Crippen molar-refractivity contribution in [2.75, 3.05) is 0 Å². The fourth-order valence-corrected chi connectivity index (χ4v) is 2.89. The summed E-state index contributed by atoms with van der Waals surface area (Å²) in [5, 5.41) is 1.27. The number of benzene rings is 2. The predicted octanol–water partition coefficient (Wildman–Crippen LogP) is 9.46. The van der Waals surface area contributed by atoms with Crippen molar-refractivity contribution in [3.63, 3.8) is 0 Å². The SMILES string of the molecule is C=Cc1cc2cc(Cc3ccccc3)c(CCC)cc2[nH]1.CC.CC.CC.CC. The molecule has 1 nitrogen and oxygen atoms in total. The predicted molar refractivity (Wildman–Crippen MR) is 137 cm³/mol. The number of nitrogens with one attached hydrogen (secondary N) is 1. The van der Waals surface area contributed by atoms with E-state index in [1.54, 1.807) is 0 Å². The largest absolute Gasteiger partial charge is 0.355 e. The molecular formula is C28H45N. The first-order valence-corrected chi connectivity index (χ1v) is 11.6. The summed E-state index contributed by atoms with van der Waals surface area (Å²) in [5.41, 5.74) is 6.56. The van der Waals surface area contributed by atoms with Crippen molar-refractivity contribution < 1.29 is 0 Å². The Morgan fingerprint density at radius 2 is 1.38 bits per heavy atom. The van der Waals surface area contributed by atoms with Crippen LogP contribution in [0.5, 0.6) is 0 Å². The van der Waals surface area contributed by atoms with Gasteiger partial charge in [-0.1, -0.05) is 106 Å². The summed E-state index contributed by atoms with van der Waals surface area (Å²) in [6.07, 6.45) is 5.17. The maximum Gasteiger partial charge on any atom is 0.0461 e. The van der Waals surface area contributed by atoms with Gasteiger partial charge in [-0.25, -0.2) is 0 Å². The lowest BCUT2D eigenvalue weighted by molar-refractivity contribution is 0.906. The molecular weight excluding hydrogens is 350 g/mol. The Balaban J connectivity index is 0. The highest BCUT2D eigenvalue weighted by atomic mass is 14.7. The van der Waals surface area contributed by atoms with Gasteiger partial charge in [0.25, 0.3) is 0 Å². The molecule has 0 saturated carbocycles. The highest BCUT2D eigenvalue weighted by molar-refractivity contribution is 5.84. The molecule has 0 radical (unpaired) electrons. The molecule has 2 aromatic carbocycles. The second-order valence-corrected chi connectivity index (χ2v) is 5.55. The monoisotopic (exact) mass is 395 g/mol. The van der Waals surface area contributed by atoms with E-state index < -0.39 is 0 Å². The number of hydrogen-bond donors (Lipinski definition) is 1. The first-order chi connectivity index (χ1) is 14.3. The zero-order valence-corrected chi connectivity index (χ0v) is 20.5. The summed E-state index contributed by atoms with van der Waals surface area (Å²) in [4.78, 5) is 3.42. The van der Waals surface area contributed by atoms with Crippen LogP contribution in [0.4, 0.5) is 0 Å². The van der Waals surface area contributed by atoms with E-state index in [1.165, 1.54) is 34.0 Å². The molecule has 1 heteroatoms. The van der Waals surface area contributed by atoms with E-state index in [1.807, 2.05) is 61.5 Å². The Hall–Kier alpha value is -2.28. The quantitative estimate of drug-likeness (QED) is 0.442. The zero-order chi connectivity index (χ0) is 22.7. The van der Waals surface area contributed by atoms with Gasteiger partial charge in [0.05, 0.1) is 0 Å². The summed E-state index contributed by atoms with van der Waals surface area (Å²) in [5.74, 6) is 0. The van der Waals surface area contributed by atoms with E-state index in [2.05, 4.69) is 67.0 Å². The third-order valence-corrected chi connectivity index (χ3v) is 3.94. The highest BCUT2D eigenvalue weighted by Crippen LogP contribution is 2.24. The Labute approximate surface area is 181 Å². The fraction of sp³-hybridized carbons (Fsp3) is 0.429. The molecule has 1 heterocycles. The second-order valence-electron chi connectivity index (χ2n) is 5.55. The number of aromatic amines is 1. The summed E-state index contributed by atoms with van der Waals surface area (Å²) in [7, 11) is 0. The second kappa shape index (κ2) is 19.1. The van der Waals surface area contributed by atoms with E-state index in [0.717, 1.165) is 18.5 Å². The van der Waals surface area contributed by atoms with Gasteiger partial charge in [0, 0.05) is 16.6 Å². The molecule has 0 aliphatic rings. The minimum atomic E-state index is 1.00. The first kappa shape index (κ1) is 28.9. The van der Waals surface area contributed by atoms with Crippen molar-refractivity contribution in [3.05, 3.63) is 77.5 Å². The molecule has 0 fully saturated rings. The molecule has 0 aliphatic carbocycles. The van der Waals surface area contributed by atoms with Gasteiger partial charge < -0.3 is 4.98 Å². The summed E-state index contributed by atoms with van der Waals surface area (Å²) in [6.45, 7) is 22.1. The van der Waals surface area contributed by atoms with Crippen molar-refractivity contribution in [3.8, 4) is 0 Å². The maximum atomic E-state index is 3.84. The Kier molecular flexibility index (Phi) is 19.0. The molecule has 1 aromatic heterocycles. The van der Waals surface area contributed by atoms with Crippen LogP contribution in [0.1, 0.15) is 91.1 Å². The van der Waals surface area contributed by atoms with Gasteiger partial charge in [-0.15, -0.1) is 0 Å². The Morgan fingerprint density at radius 1 is 0.793 bits per heavy atom. The molecule has 162 valence electrons. The van der Waals surface area contributed by atoms with Gasteiger partial charge in [-0.2, -0.15) is 0 Å². The molecule has 0 saturated heterocycles. The smallest absolute Gasteiger partial charge is 0.0461 e. The van der Waals surface area contributed by atoms with Gasteiger partial charge >= 0.3 is 0 Å². The molecule has 0 unspecified atom stereocenters. The van der Waals surface area contributed by atoms with Crippen molar-refractivity contribution in [2.45, 2.75) is 81.6 Å². The summed E-state index contributed by atoms with van der Waals surface area (Å²) >= 11 is 0. The van der Waals surface area contributed by atoms with E-state index in [4.69, 9.17) is 0 Å². The molecule has 0 aliphatic heterocycles. The van der Waals surface area contributed by atoms with Gasteiger partial charge in [0.15, 0.2) is 0 Å². The van der Waals surface area contributed by atoms with Crippen LogP contribution >= 0.6 is 0 Å². The zero-order valence-electron chi connectivity index (χ0n) is 20.5. The average Bonchev–Trinajstić information content (AvgIpc) is 3.22. The average molecular weight is 396 g/mol. The number of aromatic nitrogens is 1. The number of rotatable bonds is 5. The van der Waals surface area contributed by atoms with Crippen LogP contribution in [0.25, 0.3) is 17.0 Å². The number of aryl methyl sites for hydroxylation is 1. The maximum absolute atomic E-state index is 3.84. The van der Waals surface area contributed by atoms with Crippen LogP contribution in [-0.4, -0.2) is 4.98 Å². The first-order valence-electron chi connectivity index (χ1n) is 11.6. The van der Waals surface area contributed by atoms with E-state index >= 15 is 0 Å². The van der Waals surface area contributed by atoms with Crippen molar-refractivity contribution in [1.82, 2.24) is 4.98 Å². The molecule has 29 heavy (non-hydrogen) atoms. The van der Waals surface area contributed by atoms with Crippen LogP contribution in [-0.2, 0) is 12.8 Å². The minimum Gasteiger partial charge on any atom is -0.355 e. The van der Waals surface area contributed by atoms with E-state index in [0.29, 0.717) is 0 Å². The molecule has 3 aromatic rings. The van der Waals surface area contributed by atoms with Gasteiger partial charge in [0.2, 0.25) is 0 Å².